The Kier molecular flexibility index (Phi) is 4.82. The molecular formula is C22H18BrClN2O4. The van der Waals surface area contributed by atoms with Crippen molar-refractivity contribution in [3.05, 3.63) is 59.1 Å². The quantitative estimate of drug-likeness (QED) is 0.500. The fourth-order valence-electron chi connectivity index (χ4n) is 5.05. The van der Waals surface area contributed by atoms with Crippen LogP contribution in [-0.2, 0) is 14.3 Å². The van der Waals surface area contributed by atoms with Crippen molar-refractivity contribution in [3.8, 4) is 0 Å². The number of para-hydroxylation sites is 1. The van der Waals surface area contributed by atoms with Gasteiger partial charge in [-0.15, -0.1) is 0 Å². The summed E-state index contributed by atoms with van der Waals surface area (Å²) in [6.07, 6.45) is 0.698. The second-order valence-electron chi connectivity index (χ2n) is 7.96. The van der Waals surface area contributed by atoms with E-state index in [9.17, 15) is 14.4 Å². The van der Waals surface area contributed by atoms with E-state index < -0.39 is 5.92 Å². The molecule has 30 heavy (non-hydrogen) atoms. The van der Waals surface area contributed by atoms with Crippen LogP contribution < -0.4 is 10.6 Å². The van der Waals surface area contributed by atoms with Crippen LogP contribution in [0.5, 0.6) is 0 Å². The molecular weight excluding hydrogens is 472 g/mol. The lowest BCUT2D eigenvalue weighted by molar-refractivity contribution is -0.145. The number of ether oxygens (including phenoxy) is 1. The first-order valence-corrected chi connectivity index (χ1v) is 11.0. The van der Waals surface area contributed by atoms with E-state index in [2.05, 4.69) is 26.6 Å². The molecule has 2 N–H and O–H groups in total. The molecule has 2 aromatic rings. The van der Waals surface area contributed by atoms with Gasteiger partial charge in [-0.3, -0.25) is 14.4 Å². The number of alkyl halides is 1. The molecule has 0 radical (unpaired) electrons. The van der Waals surface area contributed by atoms with Gasteiger partial charge in [-0.1, -0.05) is 45.7 Å². The molecule has 1 saturated heterocycles. The minimum Gasteiger partial charge on any atom is -0.461 e. The zero-order valence-electron chi connectivity index (χ0n) is 15.7. The Labute approximate surface area is 186 Å². The second-order valence-corrected chi connectivity index (χ2v) is 9.43. The molecule has 5 rings (SSSR count). The molecule has 1 aliphatic heterocycles. The third-order valence-corrected chi connectivity index (χ3v) is 7.87. The Bertz CT molecular complexity index is 1060. The van der Waals surface area contributed by atoms with Gasteiger partial charge in [0, 0.05) is 17.2 Å². The summed E-state index contributed by atoms with van der Waals surface area (Å²) in [6.45, 7) is 0. The van der Waals surface area contributed by atoms with Gasteiger partial charge >= 0.3 is 5.97 Å². The van der Waals surface area contributed by atoms with E-state index in [0.717, 1.165) is 6.42 Å². The zero-order valence-corrected chi connectivity index (χ0v) is 18.0. The Morgan fingerprint density at radius 1 is 1.07 bits per heavy atom. The normalized spacial score (nSPS) is 30.8. The largest absolute Gasteiger partial charge is 0.461 e. The van der Waals surface area contributed by atoms with Crippen LogP contribution in [0.15, 0.2) is 48.5 Å². The van der Waals surface area contributed by atoms with E-state index in [1.807, 2.05) is 0 Å². The highest BCUT2D eigenvalue weighted by atomic mass is 79.9. The van der Waals surface area contributed by atoms with Crippen molar-refractivity contribution in [2.24, 2.45) is 23.7 Å². The molecule has 154 valence electrons. The first-order chi connectivity index (χ1) is 14.4. The SMILES string of the molecule is O=C(Nc1ccccc1Cl)c1cccc(NC(=O)[C@@H]2[C@H]3C[C@H]4[C@H](OC(=O)[C@H]42)[C@@H]3Br)c1. The molecule has 2 aromatic carbocycles. The summed E-state index contributed by atoms with van der Waals surface area (Å²) in [7, 11) is 0. The average molecular weight is 490 g/mol. The first-order valence-electron chi connectivity index (χ1n) is 9.75. The number of esters is 1. The van der Waals surface area contributed by atoms with Crippen LogP contribution in [0.4, 0.5) is 11.4 Å². The third kappa shape index (κ3) is 3.11. The fraction of sp³-hybridized carbons (Fsp3) is 0.318. The van der Waals surface area contributed by atoms with Crippen molar-refractivity contribution in [1.29, 1.82) is 0 Å². The predicted octanol–water partition coefficient (Wildman–Crippen LogP) is 4.10. The van der Waals surface area contributed by atoms with Gasteiger partial charge in [0.2, 0.25) is 5.91 Å². The lowest BCUT2D eigenvalue weighted by atomic mass is 9.79. The Balaban J connectivity index is 1.32. The Morgan fingerprint density at radius 3 is 2.67 bits per heavy atom. The predicted molar refractivity (Wildman–Crippen MR) is 116 cm³/mol. The molecule has 0 aromatic heterocycles. The Morgan fingerprint density at radius 2 is 1.87 bits per heavy atom. The van der Waals surface area contributed by atoms with E-state index in [1.54, 1.807) is 48.5 Å². The number of fused-ring (bicyclic) bond motifs is 1. The molecule has 2 bridgehead atoms. The van der Waals surface area contributed by atoms with Gasteiger partial charge in [0.05, 0.1) is 27.4 Å². The number of anilines is 2. The van der Waals surface area contributed by atoms with E-state index in [4.69, 9.17) is 16.3 Å². The van der Waals surface area contributed by atoms with Gasteiger partial charge in [-0.05, 0) is 42.7 Å². The summed E-state index contributed by atoms with van der Waals surface area (Å²) in [6, 6.07) is 13.7. The number of benzene rings is 2. The van der Waals surface area contributed by atoms with Gasteiger partial charge in [0.15, 0.2) is 0 Å². The minimum atomic E-state index is -0.425. The molecule has 1 heterocycles. The zero-order chi connectivity index (χ0) is 21.0. The first kappa shape index (κ1) is 19.6. The highest BCUT2D eigenvalue weighted by Gasteiger charge is 2.67. The number of hydrogen-bond donors (Lipinski definition) is 2. The maximum Gasteiger partial charge on any atom is 0.310 e. The van der Waals surface area contributed by atoms with Crippen LogP contribution in [0.2, 0.25) is 5.02 Å². The minimum absolute atomic E-state index is 0.00804. The van der Waals surface area contributed by atoms with Crippen molar-refractivity contribution in [1.82, 2.24) is 0 Å². The van der Waals surface area contributed by atoms with Crippen molar-refractivity contribution in [2.45, 2.75) is 17.4 Å². The van der Waals surface area contributed by atoms with Crippen molar-refractivity contribution in [2.75, 3.05) is 10.6 Å². The molecule has 6 atom stereocenters. The summed E-state index contributed by atoms with van der Waals surface area (Å²) < 4.78 is 5.47. The molecule has 2 saturated carbocycles. The molecule has 2 aliphatic carbocycles. The van der Waals surface area contributed by atoms with E-state index in [-0.39, 0.29) is 46.5 Å². The average Bonchev–Trinajstić information content (AvgIpc) is 3.34. The summed E-state index contributed by atoms with van der Waals surface area (Å²) in [5.74, 6) is -1.44. The summed E-state index contributed by atoms with van der Waals surface area (Å²) in [5, 5.41) is 6.10. The van der Waals surface area contributed by atoms with Gasteiger partial charge in [0.1, 0.15) is 6.10 Å². The number of rotatable bonds is 4. The lowest BCUT2D eigenvalue weighted by Gasteiger charge is -2.27. The number of amides is 2. The maximum absolute atomic E-state index is 13.0. The topological polar surface area (TPSA) is 84.5 Å². The van der Waals surface area contributed by atoms with Crippen LogP contribution in [0.1, 0.15) is 16.8 Å². The van der Waals surface area contributed by atoms with E-state index in [1.165, 1.54) is 0 Å². The summed E-state index contributed by atoms with van der Waals surface area (Å²) in [4.78, 5) is 37.9. The number of carbonyl (C=O) groups is 3. The molecule has 0 unspecified atom stereocenters. The number of hydrogen-bond acceptors (Lipinski definition) is 4. The second kappa shape index (κ2) is 7.39. The maximum atomic E-state index is 13.0. The fourth-order valence-corrected chi connectivity index (χ4v) is 6.28. The highest BCUT2D eigenvalue weighted by molar-refractivity contribution is 9.09. The standard InChI is InChI=1S/C22H18BrClN2O4/c23-18-12-9-13-17(22(29)30-19(13)18)16(12)21(28)25-11-5-3-4-10(8-11)20(27)26-15-7-2-1-6-14(15)24/h1-8,12-13,16-19H,9H2,(H,25,28)(H,26,27)/t12-,13-,16-,17-,18-,19+/m1/s1. The highest BCUT2D eigenvalue weighted by Crippen LogP contribution is 2.60. The molecule has 3 fully saturated rings. The molecule has 3 aliphatic rings. The van der Waals surface area contributed by atoms with E-state index >= 15 is 0 Å². The monoisotopic (exact) mass is 488 g/mol. The van der Waals surface area contributed by atoms with Gasteiger partial charge in [-0.25, -0.2) is 0 Å². The summed E-state index contributed by atoms with van der Waals surface area (Å²) in [5.41, 5.74) is 1.40. The van der Waals surface area contributed by atoms with E-state index in [0.29, 0.717) is 22.0 Å². The van der Waals surface area contributed by atoms with Crippen molar-refractivity contribution < 1.29 is 19.1 Å². The molecule has 2 amide bonds. The smallest absolute Gasteiger partial charge is 0.310 e. The molecule has 6 nitrogen and oxygen atoms in total. The summed E-state index contributed by atoms with van der Waals surface area (Å²) >= 11 is 9.72. The van der Waals surface area contributed by atoms with Crippen molar-refractivity contribution >= 4 is 56.7 Å². The molecule has 8 heteroatoms. The van der Waals surface area contributed by atoms with Crippen LogP contribution in [0.25, 0.3) is 0 Å². The van der Waals surface area contributed by atoms with Crippen LogP contribution in [-0.4, -0.2) is 28.7 Å². The Hall–Kier alpha value is -2.38. The van der Waals surface area contributed by atoms with Crippen LogP contribution in [0.3, 0.4) is 0 Å². The third-order valence-electron chi connectivity index (χ3n) is 6.34. The number of nitrogens with one attached hydrogen (secondary N) is 2. The van der Waals surface area contributed by atoms with Gasteiger partial charge in [-0.2, -0.15) is 0 Å². The van der Waals surface area contributed by atoms with Crippen LogP contribution >= 0.6 is 27.5 Å². The molecule has 0 spiro atoms. The lowest BCUT2D eigenvalue weighted by Crippen LogP contribution is -2.40. The van der Waals surface area contributed by atoms with Gasteiger partial charge < -0.3 is 15.4 Å². The number of carbonyl (C=O) groups excluding carboxylic acids is 3. The van der Waals surface area contributed by atoms with Crippen molar-refractivity contribution in [3.63, 3.8) is 0 Å². The van der Waals surface area contributed by atoms with Crippen LogP contribution in [0, 0.1) is 23.7 Å². The van der Waals surface area contributed by atoms with Gasteiger partial charge in [0.25, 0.3) is 5.91 Å². The number of halogens is 2.